The van der Waals surface area contributed by atoms with Crippen molar-refractivity contribution >= 4 is 40.5 Å². The first-order chi connectivity index (χ1) is 13.4. The molecule has 0 spiro atoms. The first kappa shape index (κ1) is 19.3. The van der Waals surface area contributed by atoms with Gasteiger partial charge < -0.3 is 19.9 Å². The smallest absolute Gasteiger partial charge is 0.338 e. The fraction of sp³-hybridized carbons (Fsp3) is 0.158. The number of rotatable bonds is 6. The van der Waals surface area contributed by atoms with Gasteiger partial charge in [0.1, 0.15) is 12.3 Å². The van der Waals surface area contributed by atoms with Crippen molar-refractivity contribution in [3.8, 4) is 10.6 Å². The lowest BCUT2D eigenvalue weighted by atomic mass is 10.1. The van der Waals surface area contributed by atoms with Crippen LogP contribution in [-0.4, -0.2) is 22.9 Å². The van der Waals surface area contributed by atoms with Crippen LogP contribution >= 0.6 is 11.3 Å². The predicted molar refractivity (Wildman–Crippen MR) is 104 cm³/mol. The fourth-order valence-corrected chi connectivity index (χ4v) is 3.11. The minimum Gasteiger partial charge on any atom is -0.455 e. The predicted octanol–water partition coefficient (Wildman–Crippen LogP) is 3.68. The van der Waals surface area contributed by atoms with Crippen LogP contribution in [0.4, 0.5) is 11.4 Å². The molecule has 0 saturated carbocycles. The maximum absolute atomic E-state index is 12.4. The summed E-state index contributed by atoms with van der Waals surface area (Å²) in [6, 6.07) is 9.99. The quantitative estimate of drug-likeness (QED) is 0.612. The van der Waals surface area contributed by atoms with Gasteiger partial charge in [-0.15, -0.1) is 11.3 Å². The van der Waals surface area contributed by atoms with Crippen LogP contribution in [0.15, 0.2) is 46.3 Å². The maximum Gasteiger partial charge on any atom is 0.338 e. The SMILES string of the molecule is CC(=O)Nc1cc(NC(C)=O)cc(C(=O)OCc2cc(-c3cccs3)on2)c1. The Balaban J connectivity index is 1.72. The number of hydrogen-bond acceptors (Lipinski definition) is 7. The number of carbonyl (C=O) groups is 3. The standard InChI is InChI=1S/C19H17N3O5S/c1-11(23)20-14-6-13(7-15(8-14)21-12(2)24)19(25)26-10-16-9-17(27-22-16)18-4-3-5-28-18/h3-9H,10H2,1-2H3,(H,20,23)(H,21,24). The Bertz CT molecular complexity index is 976. The summed E-state index contributed by atoms with van der Waals surface area (Å²) in [6.45, 7) is 2.62. The van der Waals surface area contributed by atoms with Gasteiger partial charge in [0.25, 0.3) is 0 Å². The maximum atomic E-state index is 12.4. The molecular formula is C19H17N3O5S. The number of nitrogens with zero attached hydrogens (tertiary/aromatic N) is 1. The number of nitrogens with one attached hydrogen (secondary N) is 2. The van der Waals surface area contributed by atoms with E-state index in [1.165, 1.54) is 37.3 Å². The summed E-state index contributed by atoms with van der Waals surface area (Å²) in [5.41, 5.74) is 1.38. The first-order valence-corrected chi connectivity index (χ1v) is 9.15. The van der Waals surface area contributed by atoms with E-state index in [0.717, 1.165) is 4.88 Å². The van der Waals surface area contributed by atoms with Gasteiger partial charge >= 0.3 is 5.97 Å². The van der Waals surface area contributed by atoms with E-state index in [-0.39, 0.29) is 24.0 Å². The van der Waals surface area contributed by atoms with Crippen LogP contribution in [0, 0.1) is 0 Å². The van der Waals surface area contributed by atoms with Gasteiger partial charge in [-0.1, -0.05) is 11.2 Å². The molecule has 3 rings (SSSR count). The van der Waals surface area contributed by atoms with Gasteiger partial charge in [-0.25, -0.2) is 4.79 Å². The van der Waals surface area contributed by atoms with E-state index in [0.29, 0.717) is 22.8 Å². The van der Waals surface area contributed by atoms with Crippen molar-refractivity contribution in [2.75, 3.05) is 10.6 Å². The highest BCUT2D eigenvalue weighted by Gasteiger charge is 2.14. The molecule has 1 aromatic carbocycles. The number of benzene rings is 1. The Morgan fingerprint density at radius 3 is 2.32 bits per heavy atom. The Morgan fingerprint density at radius 2 is 1.75 bits per heavy atom. The van der Waals surface area contributed by atoms with Gasteiger partial charge in [0.05, 0.1) is 10.4 Å². The Labute approximate surface area is 164 Å². The summed E-state index contributed by atoms with van der Waals surface area (Å²) in [7, 11) is 0. The van der Waals surface area contributed by atoms with Crippen LogP contribution < -0.4 is 10.6 Å². The molecule has 0 radical (unpaired) electrons. The molecule has 0 aliphatic rings. The van der Waals surface area contributed by atoms with Crippen molar-refractivity contribution in [3.05, 3.63) is 53.0 Å². The Kier molecular flexibility index (Phi) is 5.85. The molecule has 2 heterocycles. The molecule has 2 N–H and O–H groups in total. The minimum absolute atomic E-state index is 0.0758. The molecule has 0 atom stereocenters. The molecule has 9 heteroatoms. The van der Waals surface area contributed by atoms with Crippen LogP contribution in [0.25, 0.3) is 10.6 Å². The van der Waals surface area contributed by atoms with Gasteiger partial charge in [0.15, 0.2) is 5.76 Å². The number of thiophene rings is 1. The fourth-order valence-electron chi connectivity index (χ4n) is 2.43. The van der Waals surface area contributed by atoms with Crippen LogP contribution in [0.2, 0.25) is 0 Å². The highest BCUT2D eigenvalue weighted by atomic mass is 32.1. The van der Waals surface area contributed by atoms with Crippen LogP contribution in [0.3, 0.4) is 0 Å². The second-order valence-electron chi connectivity index (χ2n) is 5.90. The van der Waals surface area contributed by atoms with Crippen molar-refractivity contribution in [3.63, 3.8) is 0 Å². The first-order valence-electron chi connectivity index (χ1n) is 8.27. The van der Waals surface area contributed by atoms with E-state index in [4.69, 9.17) is 9.26 Å². The summed E-state index contributed by atoms with van der Waals surface area (Å²) >= 11 is 1.51. The summed E-state index contributed by atoms with van der Waals surface area (Å²) in [5, 5.41) is 11.0. The topological polar surface area (TPSA) is 111 Å². The number of hydrogen-bond donors (Lipinski definition) is 2. The van der Waals surface area contributed by atoms with E-state index in [9.17, 15) is 14.4 Å². The van der Waals surface area contributed by atoms with E-state index in [1.807, 2.05) is 17.5 Å². The van der Waals surface area contributed by atoms with Crippen LogP contribution in [-0.2, 0) is 20.9 Å². The normalized spacial score (nSPS) is 10.4. The summed E-state index contributed by atoms with van der Waals surface area (Å²) < 4.78 is 10.5. The van der Waals surface area contributed by atoms with Crippen molar-refractivity contribution in [2.45, 2.75) is 20.5 Å². The molecule has 0 bridgehead atoms. The third-order valence-electron chi connectivity index (χ3n) is 3.48. The molecule has 8 nitrogen and oxygen atoms in total. The third kappa shape index (κ3) is 5.04. The lowest BCUT2D eigenvalue weighted by molar-refractivity contribution is -0.115. The number of carbonyl (C=O) groups excluding carboxylic acids is 3. The van der Waals surface area contributed by atoms with Gasteiger partial charge in [0, 0.05) is 31.3 Å². The lowest BCUT2D eigenvalue weighted by Crippen LogP contribution is -2.12. The number of amides is 2. The summed E-state index contributed by atoms with van der Waals surface area (Å²) in [4.78, 5) is 36.0. The van der Waals surface area contributed by atoms with Gasteiger partial charge in [-0.2, -0.15) is 0 Å². The van der Waals surface area contributed by atoms with Crippen molar-refractivity contribution in [2.24, 2.45) is 0 Å². The molecule has 28 heavy (non-hydrogen) atoms. The monoisotopic (exact) mass is 399 g/mol. The largest absolute Gasteiger partial charge is 0.455 e. The molecule has 0 saturated heterocycles. The molecule has 0 unspecified atom stereocenters. The molecule has 144 valence electrons. The minimum atomic E-state index is -0.625. The molecule has 3 aromatic rings. The highest BCUT2D eigenvalue weighted by Crippen LogP contribution is 2.25. The Morgan fingerprint density at radius 1 is 1.07 bits per heavy atom. The zero-order chi connectivity index (χ0) is 20.1. The van der Waals surface area contributed by atoms with E-state index < -0.39 is 5.97 Å². The van der Waals surface area contributed by atoms with Gasteiger partial charge in [0.2, 0.25) is 11.8 Å². The zero-order valence-corrected chi connectivity index (χ0v) is 16.0. The molecule has 0 fully saturated rings. The molecule has 2 amide bonds. The average molecular weight is 399 g/mol. The third-order valence-corrected chi connectivity index (χ3v) is 4.37. The number of aromatic nitrogens is 1. The lowest BCUT2D eigenvalue weighted by Gasteiger charge is -2.10. The second kappa shape index (κ2) is 8.49. The number of anilines is 2. The Hall–Kier alpha value is -3.46. The molecule has 0 aliphatic carbocycles. The van der Waals surface area contributed by atoms with E-state index >= 15 is 0 Å². The van der Waals surface area contributed by atoms with Gasteiger partial charge in [-0.05, 0) is 29.6 Å². The second-order valence-corrected chi connectivity index (χ2v) is 6.85. The summed E-state index contributed by atoms with van der Waals surface area (Å²) in [6.07, 6.45) is 0. The zero-order valence-electron chi connectivity index (χ0n) is 15.1. The van der Waals surface area contributed by atoms with Crippen molar-refractivity contribution in [1.29, 1.82) is 0 Å². The highest BCUT2D eigenvalue weighted by molar-refractivity contribution is 7.13. The molecule has 2 aromatic heterocycles. The van der Waals surface area contributed by atoms with E-state index in [2.05, 4.69) is 15.8 Å². The summed E-state index contributed by atoms with van der Waals surface area (Å²) in [5.74, 6) is -0.632. The van der Waals surface area contributed by atoms with Crippen LogP contribution in [0.1, 0.15) is 29.9 Å². The van der Waals surface area contributed by atoms with Gasteiger partial charge in [-0.3, -0.25) is 9.59 Å². The van der Waals surface area contributed by atoms with Crippen LogP contribution in [0.5, 0.6) is 0 Å². The van der Waals surface area contributed by atoms with Crippen molar-refractivity contribution < 1.29 is 23.6 Å². The molecular weight excluding hydrogens is 382 g/mol. The number of ether oxygens (including phenoxy) is 1. The number of esters is 1. The molecule has 0 aliphatic heterocycles. The average Bonchev–Trinajstić information content (AvgIpc) is 3.29. The van der Waals surface area contributed by atoms with Crippen molar-refractivity contribution in [1.82, 2.24) is 5.16 Å². The van der Waals surface area contributed by atoms with E-state index in [1.54, 1.807) is 12.1 Å².